The van der Waals surface area contributed by atoms with Gasteiger partial charge in [0.1, 0.15) is 0 Å². The molecule has 1 aliphatic rings. The van der Waals surface area contributed by atoms with Crippen molar-refractivity contribution in [3.8, 4) is 0 Å². The number of amides is 1. The molecule has 19 heavy (non-hydrogen) atoms. The third-order valence-corrected chi connectivity index (χ3v) is 3.35. The van der Waals surface area contributed by atoms with Crippen molar-refractivity contribution in [2.24, 2.45) is 5.92 Å². The highest BCUT2D eigenvalue weighted by Gasteiger charge is 2.29. The minimum atomic E-state index is -0.187. The van der Waals surface area contributed by atoms with E-state index in [1.807, 2.05) is 18.2 Å². The molecule has 0 unspecified atom stereocenters. The Hall–Kier alpha value is -1.84. The maximum absolute atomic E-state index is 12.3. The smallest absolute Gasteiger partial charge is 0.310 e. The highest BCUT2D eigenvalue weighted by molar-refractivity contribution is 5.94. The molecule has 1 amide bonds. The van der Waals surface area contributed by atoms with Gasteiger partial charge in [0.2, 0.25) is 0 Å². The number of benzene rings is 1. The van der Waals surface area contributed by atoms with E-state index in [4.69, 9.17) is 4.74 Å². The van der Waals surface area contributed by atoms with Crippen molar-refractivity contribution >= 4 is 11.9 Å². The van der Waals surface area contributed by atoms with Crippen molar-refractivity contribution < 1.29 is 14.3 Å². The topological polar surface area (TPSA) is 46.6 Å². The van der Waals surface area contributed by atoms with E-state index in [0.717, 1.165) is 12.8 Å². The van der Waals surface area contributed by atoms with Crippen LogP contribution >= 0.6 is 0 Å². The molecule has 0 bridgehead atoms. The highest BCUT2D eigenvalue weighted by Crippen LogP contribution is 2.19. The van der Waals surface area contributed by atoms with Crippen LogP contribution in [0.25, 0.3) is 0 Å². The average Bonchev–Trinajstić information content (AvgIpc) is 2.48. The number of rotatable bonds is 3. The normalized spacial score (nSPS) is 19.0. The van der Waals surface area contributed by atoms with Crippen molar-refractivity contribution in [3.05, 3.63) is 35.9 Å². The van der Waals surface area contributed by atoms with Crippen molar-refractivity contribution in [1.82, 2.24) is 4.90 Å². The van der Waals surface area contributed by atoms with Gasteiger partial charge >= 0.3 is 5.97 Å². The van der Waals surface area contributed by atoms with Gasteiger partial charge in [-0.3, -0.25) is 9.59 Å². The minimum absolute atomic E-state index is 0.00500. The van der Waals surface area contributed by atoms with Crippen LogP contribution in [0.15, 0.2) is 30.3 Å². The van der Waals surface area contributed by atoms with Crippen LogP contribution in [-0.2, 0) is 9.53 Å². The fraction of sp³-hybridized carbons (Fsp3) is 0.467. The number of hydrogen-bond acceptors (Lipinski definition) is 3. The monoisotopic (exact) mass is 261 g/mol. The van der Waals surface area contributed by atoms with E-state index in [2.05, 4.69) is 0 Å². The summed E-state index contributed by atoms with van der Waals surface area (Å²) in [4.78, 5) is 25.8. The molecule has 0 aromatic heterocycles. The predicted octanol–water partition coefficient (Wildman–Crippen LogP) is 2.10. The zero-order chi connectivity index (χ0) is 13.7. The minimum Gasteiger partial charge on any atom is -0.466 e. The molecule has 1 saturated heterocycles. The summed E-state index contributed by atoms with van der Waals surface area (Å²) >= 11 is 0. The number of hydrogen-bond donors (Lipinski definition) is 0. The van der Waals surface area contributed by atoms with Gasteiger partial charge in [-0.15, -0.1) is 0 Å². The van der Waals surface area contributed by atoms with Gasteiger partial charge in [0.15, 0.2) is 0 Å². The molecule has 0 spiro atoms. The summed E-state index contributed by atoms with van der Waals surface area (Å²) in [5.41, 5.74) is 0.673. The number of carbonyl (C=O) groups is 2. The van der Waals surface area contributed by atoms with Crippen molar-refractivity contribution in [1.29, 1.82) is 0 Å². The summed E-state index contributed by atoms with van der Waals surface area (Å²) in [5.74, 6) is -0.371. The molecule has 1 fully saturated rings. The van der Waals surface area contributed by atoms with Crippen LogP contribution in [0.1, 0.15) is 30.1 Å². The highest BCUT2D eigenvalue weighted by atomic mass is 16.5. The van der Waals surface area contributed by atoms with Gasteiger partial charge in [-0.1, -0.05) is 18.2 Å². The Morgan fingerprint density at radius 1 is 1.32 bits per heavy atom. The van der Waals surface area contributed by atoms with Crippen LogP contribution < -0.4 is 0 Å². The Morgan fingerprint density at radius 2 is 2.05 bits per heavy atom. The summed E-state index contributed by atoms with van der Waals surface area (Å²) in [7, 11) is 0. The van der Waals surface area contributed by atoms with Crippen LogP contribution in [-0.4, -0.2) is 36.5 Å². The number of esters is 1. The summed E-state index contributed by atoms with van der Waals surface area (Å²) in [5, 5.41) is 0. The molecule has 0 saturated carbocycles. The quantitative estimate of drug-likeness (QED) is 0.783. The molecule has 1 heterocycles. The summed E-state index contributed by atoms with van der Waals surface area (Å²) in [6.07, 6.45) is 1.65. The molecular formula is C15H19NO3. The average molecular weight is 261 g/mol. The lowest BCUT2D eigenvalue weighted by Crippen LogP contribution is -2.42. The predicted molar refractivity (Wildman–Crippen MR) is 71.7 cm³/mol. The molecule has 4 heteroatoms. The van der Waals surface area contributed by atoms with Gasteiger partial charge in [0.05, 0.1) is 12.5 Å². The fourth-order valence-corrected chi connectivity index (χ4v) is 2.38. The molecule has 0 radical (unpaired) electrons. The molecule has 0 aliphatic carbocycles. The number of likely N-dealkylation sites (tertiary alicyclic amines) is 1. The first kappa shape index (κ1) is 13.6. The molecule has 1 atom stereocenters. The zero-order valence-electron chi connectivity index (χ0n) is 11.2. The maximum atomic E-state index is 12.3. The van der Waals surface area contributed by atoms with Crippen LogP contribution in [0.3, 0.4) is 0 Å². The van der Waals surface area contributed by atoms with E-state index < -0.39 is 0 Å². The summed E-state index contributed by atoms with van der Waals surface area (Å²) in [6.45, 7) is 3.37. The Balaban J connectivity index is 2.01. The second kappa shape index (κ2) is 6.36. The van der Waals surface area contributed by atoms with Crippen molar-refractivity contribution in [3.63, 3.8) is 0 Å². The van der Waals surface area contributed by atoms with Crippen LogP contribution in [0, 0.1) is 5.92 Å². The maximum Gasteiger partial charge on any atom is 0.310 e. The molecule has 1 aromatic carbocycles. The fourth-order valence-electron chi connectivity index (χ4n) is 2.38. The Bertz CT molecular complexity index is 444. The second-order valence-electron chi connectivity index (χ2n) is 4.71. The van der Waals surface area contributed by atoms with Crippen LogP contribution in [0.2, 0.25) is 0 Å². The molecule has 0 N–H and O–H groups in total. The van der Waals surface area contributed by atoms with Gasteiger partial charge in [-0.25, -0.2) is 0 Å². The molecule has 2 rings (SSSR count). The van der Waals surface area contributed by atoms with Gasteiger partial charge in [-0.05, 0) is 31.9 Å². The first-order valence-corrected chi connectivity index (χ1v) is 6.73. The summed E-state index contributed by atoms with van der Waals surface area (Å²) < 4.78 is 5.04. The molecule has 1 aromatic rings. The van der Waals surface area contributed by atoms with Crippen LogP contribution in [0.4, 0.5) is 0 Å². The third-order valence-electron chi connectivity index (χ3n) is 3.35. The van der Waals surface area contributed by atoms with Gasteiger partial charge in [-0.2, -0.15) is 0 Å². The lowest BCUT2D eigenvalue weighted by Gasteiger charge is -2.31. The van der Waals surface area contributed by atoms with E-state index in [1.54, 1.807) is 24.0 Å². The SMILES string of the molecule is CCOC(=O)[C@@H]1CCCN(C(=O)c2ccccc2)C1. The number of piperidine rings is 1. The lowest BCUT2D eigenvalue weighted by atomic mass is 9.97. The Labute approximate surface area is 113 Å². The van der Waals surface area contributed by atoms with Gasteiger partial charge in [0, 0.05) is 18.7 Å². The van der Waals surface area contributed by atoms with Gasteiger partial charge in [0.25, 0.3) is 5.91 Å². The van der Waals surface area contributed by atoms with E-state index >= 15 is 0 Å². The largest absolute Gasteiger partial charge is 0.466 e. The van der Waals surface area contributed by atoms with Crippen molar-refractivity contribution in [2.75, 3.05) is 19.7 Å². The number of nitrogens with zero attached hydrogens (tertiary/aromatic N) is 1. The molecular weight excluding hydrogens is 242 g/mol. The van der Waals surface area contributed by atoms with E-state index in [9.17, 15) is 9.59 Å². The Morgan fingerprint density at radius 3 is 2.74 bits per heavy atom. The summed E-state index contributed by atoms with van der Waals surface area (Å²) in [6, 6.07) is 9.18. The first-order valence-electron chi connectivity index (χ1n) is 6.73. The van der Waals surface area contributed by atoms with Gasteiger partial charge < -0.3 is 9.64 Å². The van der Waals surface area contributed by atoms with E-state index in [-0.39, 0.29) is 17.8 Å². The molecule has 4 nitrogen and oxygen atoms in total. The van der Waals surface area contributed by atoms with E-state index in [1.165, 1.54) is 0 Å². The first-order chi connectivity index (χ1) is 9.22. The Kier molecular flexibility index (Phi) is 4.55. The standard InChI is InChI=1S/C15H19NO3/c1-2-19-15(18)13-9-6-10-16(11-13)14(17)12-7-4-3-5-8-12/h3-5,7-8,13H,2,6,9-11H2,1H3/t13-/m1/s1. The van der Waals surface area contributed by atoms with E-state index in [0.29, 0.717) is 25.3 Å². The van der Waals surface area contributed by atoms with Crippen molar-refractivity contribution in [2.45, 2.75) is 19.8 Å². The zero-order valence-corrected chi connectivity index (χ0v) is 11.2. The molecule has 102 valence electrons. The lowest BCUT2D eigenvalue weighted by molar-refractivity contribution is -0.149. The van der Waals surface area contributed by atoms with Crippen LogP contribution in [0.5, 0.6) is 0 Å². The second-order valence-corrected chi connectivity index (χ2v) is 4.71. The number of ether oxygens (including phenoxy) is 1. The number of carbonyl (C=O) groups excluding carboxylic acids is 2. The third kappa shape index (κ3) is 3.34. The molecule has 1 aliphatic heterocycles.